The second-order valence-corrected chi connectivity index (χ2v) is 7.65. The molecule has 23 heavy (non-hydrogen) atoms. The van der Waals surface area contributed by atoms with Crippen molar-refractivity contribution in [1.29, 1.82) is 0 Å². The van der Waals surface area contributed by atoms with Crippen LogP contribution < -0.4 is 16.8 Å². The summed E-state index contributed by atoms with van der Waals surface area (Å²) in [5.74, 6) is -0.424. The maximum absolute atomic E-state index is 10.6. The van der Waals surface area contributed by atoms with Crippen LogP contribution in [-0.4, -0.2) is 59.2 Å². The lowest BCUT2D eigenvalue weighted by molar-refractivity contribution is -0.314. The molecule has 1 aliphatic rings. The van der Waals surface area contributed by atoms with Crippen molar-refractivity contribution in [2.45, 2.75) is 83.3 Å². The Balaban J connectivity index is 2.85. The van der Waals surface area contributed by atoms with E-state index in [0.29, 0.717) is 6.54 Å². The summed E-state index contributed by atoms with van der Waals surface area (Å²) in [6, 6.07) is 0. The number of rotatable bonds is 8. The van der Waals surface area contributed by atoms with Crippen molar-refractivity contribution in [2.24, 2.45) is 17.4 Å². The van der Waals surface area contributed by atoms with E-state index < -0.39 is 35.7 Å². The van der Waals surface area contributed by atoms with E-state index >= 15 is 0 Å². The van der Waals surface area contributed by atoms with Crippen molar-refractivity contribution in [3.05, 3.63) is 0 Å². The van der Waals surface area contributed by atoms with Crippen molar-refractivity contribution >= 4 is 0 Å². The maximum atomic E-state index is 10.6. The molecular weight excluding hydrogens is 298 g/mol. The smallest absolute Gasteiger partial charge is 0.188 e. The molecule has 0 aromatic rings. The number of aliphatic hydroxyl groups excluding tert-OH is 2. The first-order valence-electron chi connectivity index (χ1n) is 8.45. The third kappa shape index (κ3) is 6.26. The number of ether oxygens (including phenoxy) is 2. The van der Waals surface area contributed by atoms with Gasteiger partial charge < -0.3 is 36.5 Å². The zero-order valence-electron chi connectivity index (χ0n) is 15.1. The molecule has 5 unspecified atom stereocenters. The molecule has 7 heteroatoms. The second-order valence-electron chi connectivity index (χ2n) is 7.65. The Morgan fingerprint density at radius 1 is 1.13 bits per heavy atom. The van der Waals surface area contributed by atoms with E-state index in [4.69, 9.17) is 20.9 Å². The third-order valence-corrected chi connectivity index (χ3v) is 4.04. The van der Waals surface area contributed by atoms with Gasteiger partial charge in [0, 0.05) is 18.0 Å². The van der Waals surface area contributed by atoms with Gasteiger partial charge in [0.25, 0.3) is 0 Å². The van der Waals surface area contributed by atoms with Gasteiger partial charge in [-0.05, 0) is 40.7 Å². The summed E-state index contributed by atoms with van der Waals surface area (Å²) in [7, 11) is 0. The van der Waals surface area contributed by atoms with Gasteiger partial charge in [-0.15, -0.1) is 0 Å². The highest BCUT2D eigenvalue weighted by Crippen LogP contribution is 2.33. The fourth-order valence-electron chi connectivity index (χ4n) is 2.97. The van der Waals surface area contributed by atoms with Gasteiger partial charge in [0.1, 0.15) is 11.8 Å². The molecule has 7 nitrogen and oxygen atoms in total. The van der Waals surface area contributed by atoms with Crippen LogP contribution >= 0.6 is 0 Å². The van der Waals surface area contributed by atoms with E-state index in [-0.39, 0.29) is 6.10 Å². The zero-order valence-corrected chi connectivity index (χ0v) is 15.1. The number of hydrogen-bond acceptors (Lipinski definition) is 7. The minimum atomic E-state index is -1.20. The van der Waals surface area contributed by atoms with Crippen molar-refractivity contribution in [1.82, 2.24) is 5.32 Å². The van der Waals surface area contributed by atoms with Gasteiger partial charge in [-0.2, -0.15) is 0 Å². The predicted molar refractivity (Wildman–Crippen MR) is 89.6 cm³/mol. The Kier molecular flexibility index (Phi) is 7.40. The molecule has 138 valence electrons. The van der Waals surface area contributed by atoms with Gasteiger partial charge in [-0.3, -0.25) is 0 Å². The second kappa shape index (κ2) is 8.20. The van der Waals surface area contributed by atoms with Crippen LogP contribution in [-0.2, 0) is 9.47 Å². The highest BCUT2D eigenvalue weighted by atomic mass is 16.7. The minimum Gasteiger partial charge on any atom is -0.390 e. The number of aliphatic hydroxyl groups is 2. The summed E-state index contributed by atoms with van der Waals surface area (Å²) < 4.78 is 11.5. The third-order valence-electron chi connectivity index (χ3n) is 4.04. The van der Waals surface area contributed by atoms with Crippen LogP contribution in [0.25, 0.3) is 0 Å². The van der Waals surface area contributed by atoms with Crippen LogP contribution in [0.5, 0.6) is 0 Å². The minimum absolute atomic E-state index is 0.377. The Morgan fingerprint density at radius 3 is 2.22 bits per heavy atom. The van der Waals surface area contributed by atoms with E-state index in [9.17, 15) is 10.2 Å². The van der Waals surface area contributed by atoms with Crippen molar-refractivity contribution < 1.29 is 19.7 Å². The monoisotopic (exact) mass is 333 g/mol. The van der Waals surface area contributed by atoms with Crippen LogP contribution in [0.15, 0.2) is 0 Å². The summed E-state index contributed by atoms with van der Waals surface area (Å²) in [5.41, 5.74) is 10.4. The van der Waals surface area contributed by atoms with Crippen LogP contribution in [0.3, 0.4) is 0 Å². The summed E-state index contributed by atoms with van der Waals surface area (Å²) in [6.45, 7) is 10.5. The molecule has 1 aliphatic heterocycles. The molecule has 0 saturated carbocycles. The molecule has 1 saturated heterocycles. The fraction of sp³-hybridized carbons (Fsp3) is 1.00. The Bertz CT molecular complexity index is 352. The number of nitrogens with two attached hydrogens (primary N) is 2. The summed E-state index contributed by atoms with van der Waals surface area (Å²) in [5, 5.41) is 24.2. The molecule has 0 amide bonds. The van der Waals surface area contributed by atoms with E-state index in [1.54, 1.807) is 13.8 Å². The van der Waals surface area contributed by atoms with Gasteiger partial charge in [0.05, 0.1) is 12.2 Å². The molecule has 0 aromatic carbocycles. The van der Waals surface area contributed by atoms with Gasteiger partial charge in [-0.25, -0.2) is 0 Å². The molecule has 0 aliphatic carbocycles. The highest BCUT2D eigenvalue weighted by Gasteiger charge is 2.50. The fourth-order valence-corrected chi connectivity index (χ4v) is 2.97. The number of unbranched alkanes of at least 4 members (excludes halogenated alkanes) is 1. The molecule has 1 heterocycles. The summed E-state index contributed by atoms with van der Waals surface area (Å²) in [4.78, 5) is 0. The molecule has 0 radical (unpaired) electrons. The molecule has 1 rings (SSSR count). The first-order chi connectivity index (χ1) is 10.5. The van der Waals surface area contributed by atoms with Gasteiger partial charge in [-0.1, -0.05) is 13.3 Å². The van der Waals surface area contributed by atoms with Crippen molar-refractivity contribution in [2.75, 3.05) is 13.1 Å². The molecule has 1 fully saturated rings. The molecular formula is C16H35N3O4. The largest absolute Gasteiger partial charge is 0.390 e. The normalized spacial score (nSPS) is 33.0. The highest BCUT2D eigenvalue weighted by molar-refractivity contribution is 4.99. The average Bonchev–Trinajstić information content (AvgIpc) is 2.37. The lowest BCUT2D eigenvalue weighted by Gasteiger charge is -2.48. The Hall–Kier alpha value is -0.280. The molecule has 0 aromatic heterocycles. The van der Waals surface area contributed by atoms with Crippen LogP contribution in [0.4, 0.5) is 0 Å². The first-order valence-corrected chi connectivity index (χ1v) is 8.45. The number of hydrogen-bond donors (Lipinski definition) is 5. The summed E-state index contributed by atoms with van der Waals surface area (Å²) in [6.07, 6.45) is -1.45. The topological polar surface area (TPSA) is 123 Å². The lowest BCUT2D eigenvalue weighted by atomic mass is 9.76. The van der Waals surface area contributed by atoms with Crippen LogP contribution in [0.1, 0.15) is 47.5 Å². The van der Waals surface area contributed by atoms with Gasteiger partial charge in [0.15, 0.2) is 6.29 Å². The van der Waals surface area contributed by atoms with Crippen LogP contribution in [0.2, 0.25) is 0 Å². The Morgan fingerprint density at radius 2 is 1.74 bits per heavy atom. The quantitative estimate of drug-likeness (QED) is 0.310. The van der Waals surface area contributed by atoms with E-state index in [2.05, 4.69) is 12.2 Å². The van der Waals surface area contributed by atoms with Gasteiger partial charge >= 0.3 is 0 Å². The zero-order chi connectivity index (χ0) is 17.8. The maximum Gasteiger partial charge on any atom is 0.188 e. The van der Waals surface area contributed by atoms with E-state index in [1.165, 1.54) is 0 Å². The molecule has 7 N–H and O–H groups in total. The molecule has 5 atom stereocenters. The van der Waals surface area contributed by atoms with Crippen molar-refractivity contribution in [3.63, 3.8) is 0 Å². The van der Waals surface area contributed by atoms with Crippen molar-refractivity contribution in [3.8, 4) is 0 Å². The van der Waals surface area contributed by atoms with Crippen LogP contribution in [0, 0.1) is 5.92 Å². The van der Waals surface area contributed by atoms with E-state index in [1.807, 2.05) is 13.8 Å². The molecule has 0 bridgehead atoms. The standard InChI is InChI=1S/C16H35N3O4/c1-6-7-8-19-9-10-11(15(2,3)17)12(20)13(21)14(22-10)23-16(4,5)18/h10-14,19-21H,6-9,17-18H2,1-5H3. The number of nitrogens with one attached hydrogen (secondary N) is 1. The SMILES string of the molecule is CCCCNCC1OC(OC(C)(C)N)C(O)C(O)C1C(C)(C)N. The Labute approximate surface area is 139 Å². The van der Waals surface area contributed by atoms with Gasteiger partial charge in [0.2, 0.25) is 0 Å². The first kappa shape index (κ1) is 20.8. The summed E-state index contributed by atoms with van der Waals surface area (Å²) >= 11 is 0. The molecule has 0 spiro atoms. The van der Waals surface area contributed by atoms with E-state index in [0.717, 1.165) is 19.4 Å². The predicted octanol–water partition coefficient (Wildman–Crippen LogP) is -0.112. The lowest BCUT2D eigenvalue weighted by Crippen LogP contribution is -2.66. The average molecular weight is 333 g/mol.